The summed E-state index contributed by atoms with van der Waals surface area (Å²) >= 11 is 0. The number of hydrogen-bond donors (Lipinski definition) is 2. The van der Waals surface area contributed by atoms with Gasteiger partial charge in [0.1, 0.15) is 0 Å². The van der Waals surface area contributed by atoms with Crippen molar-refractivity contribution in [1.29, 1.82) is 0 Å². The molecule has 5 nitrogen and oxygen atoms in total. The molecule has 1 saturated carbocycles. The lowest BCUT2D eigenvalue weighted by atomic mass is 9.77. The van der Waals surface area contributed by atoms with Crippen molar-refractivity contribution in [1.82, 2.24) is 5.32 Å². The van der Waals surface area contributed by atoms with Crippen LogP contribution in [0.4, 0.5) is 0 Å². The highest BCUT2D eigenvalue weighted by molar-refractivity contribution is 7.89. The zero-order valence-corrected chi connectivity index (χ0v) is 12.4. The third-order valence-electron chi connectivity index (χ3n) is 3.33. The second kappa shape index (κ2) is 5.18. The lowest BCUT2D eigenvalue weighted by Gasteiger charge is -2.41. The molecular weight excluding hydrogens is 278 g/mol. The van der Waals surface area contributed by atoms with Crippen LogP contribution in [0.5, 0.6) is 0 Å². The van der Waals surface area contributed by atoms with Gasteiger partial charge in [-0.25, -0.2) is 8.42 Å². The molecule has 0 aromatic heterocycles. The van der Waals surface area contributed by atoms with Gasteiger partial charge in [-0.05, 0) is 37.5 Å². The van der Waals surface area contributed by atoms with E-state index in [9.17, 15) is 18.3 Å². The maximum Gasteiger partial charge on any atom is 0.251 e. The average molecular weight is 297 g/mol. The van der Waals surface area contributed by atoms with Crippen molar-refractivity contribution in [2.45, 2.75) is 37.2 Å². The van der Waals surface area contributed by atoms with E-state index >= 15 is 0 Å². The standard InChI is InChI=1S/C14H19NO4S/c1-14(17)7-12(8-14)15-13(16)11-5-3-4-10(6-11)9-20(2,18)19/h3-6,12,17H,7-9H2,1-2H3,(H,15,16). The van der Waals surface area contributed by atoms with Crippen molar-refractivity contribution in [2.24, 2.45) is 0 Å². The fourth-order valence-electron chi connectivity index (χ4n) is 2.48. The molecule has 0 unspecified atom stereocenters. The topological polar surface area (TPSA) is 83.5 Å². The van der Waals surface area contributed by atoms with Gasteiger partial charge in [-0.2, -0.15) is 0 Å². The summed E-state index contributed by atoms with van der Waals surface area (Å²) in [5.41, 5.74) is 0.356. The minimum absolute atomic E-state index is 0.0175. The molecule has 20 heavy (non-hydrogen) atoms. The van der Waals surface area contributed by atoms with Gasteiger partial charge in [0.05, 0.1) is 11.4 Å². The number of nitrogens with one attached hydrogen (secondary N) is 1. The van der Waals surface area contributed by atoms with E-state index < -0.39 is 15.4 Å². The number of carbonyl (C=O) groups excluding carboxylic acids is 1. The van der Waals surface area contributed by atoms with Crippen LogP contribution in [-0.4, -0.2) is 37.3 Å². The van der Waals surface area contributed by atoms with E-state index in [0.29, 0.717) is 24.0 Å². The second-order valence-corrected chi connectivity index (χ2v) is 7.99. The number of sulfone groups is 1. The summed E-state index contributed by atoms with van der Waals surface area (Å²) in [6, 6.07) is 6.58. The molecule has 1 amide bonds. The minimum Gasteiger partial charge on any atom is -0.390 e. The van der Waals surface area contributed by atoms with Crippen LogP contribution >= 0.6 is 0 Å². The highest BCUT2D eigenvalue weighted by Gasteiger charge is 2.39. The first-order valence-corrected chi connectivity index (χ1v) is 8.51. The number of rotatable bonds is 4. The Labute approximate surface area is 118 Å². The van der Waals surface area contributed by atoms with E-state index in [1.54, 1.807) is 31.2 Å². The molecule has 0 aliphatic heterocycles. The summed E-state index contributed by atoms with van der Waals surface area (Å²) in [6.07, 6.45) is 2.25. The van der Waals surface area contributed by atoms with E-state index in [1.165, 1.54) is 0 Å². The fraction of sp³-hybridized carbons (Fsp3) is 0.500. The van der Waals surface area contributed by atoms with Crippen molar-refractivity contribution in [3.63, 3.8) is 0 Å². The Balaban J connectivity index is 2.02. The Morgan fingerprint density at radius 1 is 1.45 bits per heavy atom. The Bertz CT molecular complexity index is 614. The monoisotopic (exact) mass is 297 g/mol. The first-order valence-electron chi connectivity index (χ1n) is 6.45. The summed E-state index contributed by atoms with van der Waals surface area (Å²) in [7, 11) is -3.12. The highest BCUT2D eigenvalue weighted by Crippen LogP contribution is 2.31. The van der Waals surface area contributed by atoms with Crippen molar-refractivity contribution in [3.8, 4) is 0 Å². The van der Waals surface area contributed by atoms with Crippen LogP contribution in [0.2, 0.25) is 0 Å². The molecule has 1 aromatic rings. The second-order valence-electron chi connectivity index (χ2n) is 5.85. The quantitative estimate of drug-likeness (QED) is 0.864. The van der Waals surface area contributed by atoms with Crippen molar-refractivity contribution in [3.05, 3.63) is 35.4 Å². The molecule has 0 saturated heterocycles. The predicted octanol–water partition coefficient (Wildman–Crippen LogP) is 0.874. The first kappa shape index (κ1) is 15.0. The highest BCUT2D eigenvalue weighted by atomic mass is 32.2. The summed E-state index contributed by atoms with van der Waals surface area (Å²) in [5.74, 6) is -0.312. The van der Waals surface area contributed by atoms with Gasteiger partial charge in [0.2, 0.25) is 0 Å². The van der Waals surface area contributed by atoms with Crippen LogP contribution in [-0.2, 0) is 15.6 Å². The fourth-order valence-corrected chi connectivity index (χ4v) is 3.26. The Morgan fingerprint density at radius 2 is 2.10 bits per heavy atom. The van der Waals surface area contributed by atoms with E-state index in [4.69, 9.17) is 0 Å². The van der Waals surface area contributed by atoms with Gasteiger partial charge in [-0.1, -0.05) is 12.1 Å². The van der Waals surface area contributed by atoms with Gasteiger partial charge >= 0.3 is 0 Å². The van der Waals surface area contributed by atoms with Crippen LogP contribution in [0, 0.1) is 0 Å². The molecule has 2 rings (SSSR count). The molecule has 0 spiro atoms. The summed E-state index contributed by atoms with van der Waals surface area (Å²) in [4.78, 5) is 12.0. The van der Waals surface area contributed by atoms with Crippen LogP contribution < -0.4 is 5.32 Å². The van der Waals surface area contributed by atoms with Crippen LogP contribution in [0.3, 0.4) is 0 Å². The Hall–Kier alpha value is -1.40. The van der Waals surface area contributed by atoms with Crippen molar-refractivity contribution >= 4 is 15.7 Å². The third kappa shape index (κ3) is 4.05. The first-order chi connectivity index (χ1) is 9.15. The molecule has 6 heteroatoms. The zero-order valence-electron chi connectivity index (χ0n) is 11.6. The number of benzene rings is 1. The van der Waals surface area contributed by atoms with Crippen LogP contribution in [0.1, 0.15) is 35.7 Å². The van der Waals surface area contributed by atoms with Crippen molar-refractivity contribution < 1.29 is 18.3 Å². The van der Waals surface area contributed by atoms with Gasteiger partial charge < -0.3 is 10.4 Å². The summed E-state index contributed by atoms with van der Waals surface area (Å²) in [6.45, 7) is 1.74. The van der Waals surface area contributed by atoms with Gasteiger partial charge in [0.15, 0.2) is 9.84 Å². The van der Waals surface area contributed by atoms with Gasteiger partial charge in [0, 0.05) is 17.9 Å². The van der Waals surface area contributed by atoms with Gasteiger partial charge in [-0.3, -0.25) is 4.79 Å². The van der Waals surface area contributed by atoms with E-state index in [1.807, 2.05) is 0 Å². The minimum atomic E-state index is -3.12. The van der Waals surface area contributed by atoms with Gasteiger partial charge in [-0.15, -0.1) is 0 Å². The molecule has 1 aromatic carbocycles. The molecular formula is C14H19NO4S. The molecule has 0 atom stereocenters. The largest absolute Gasteiger partial charge is 0.390 e. The van der Waals surface area contributed by atoms with E-state index in [0.717, 1.165) is 6.26 Å². The van der Waals surface area contributed by atoms with E-state index in [2.05, 4.69) is 5.32 Å². The normalized spacial score (nSPS) is 25.9. The SMILES string of the molecule is CC1(O)CC(NC(=O)c2cccc(CS(C)(=O)=O)c2)C1. The number of aliphatic hydroxyl groups is 1. The number of hydrogen-bond acceptors (Lipinski definition) is 4. The maximum atomic E-state index is 12.0. The molecule has 1 aliphatic carbocycles. The van der Waals surface area contributed by atoms with Crippen molar-refractivity contribution in [2.75, 3.05) is 6.26 Å². The molecule has 2 N–H and O–H groups in total. The lowest BCUT2D eigenvalue weighted by molar-refractivity contribution is -0.0366. The molecule has 110 valence electrons. The number of carbonyl (C=O) groups is 1. The number of amides is 1. The van der Waals surface area contributed by atoms with Crippen LogP contribution in [0.25, 0.3) is 0 Å². The molecule has 0 heterocycles. The molecule has 0 radical (unpaired) electrons. The summed E-state index contributed by atoms with van der Waals surface area (Å²) in [5, 5.41) is 12.5. The predicted molar refractivity (Wildman–Crippen MR) is 76.1 cm³/mol. The van der Waals surface area contributed by atoms with Crippen LogP contribution in [0.15, 0.2) is 24.3 Å². The Morgan fingerprint density at radius 3 is 2.65 bits per heavy atom. The van der Waals surface area contributed by atoms with Gasteiger partial charge in [0.25, 0.3) is 5.91 Å². The molecule has 1 aliphatic rings. The molecule has 0 bridgehead atoms. The molecule has 1 fully saturated rings. The van der Waals surface area contributed by atoms with E-state index in [-0.39, 0.29) is 17.7 Å². The average Bonchev–Trinajstić information content (AvgIpc) is 2.24. The maximum absolute atomic E-state index is 12.0. The Kier molecular flexibility index (Phi) is 3.88. The smallest absolute Gasteiger partial charge is 0.251 e. The third-order valence-corrected chi connectivity index (χ3v) is 4.18. The lowest BCUT2D eigenvalue weighted by Crippen LogP contribution is -2.53. The zero-order chi connectivity index (χ0) is 15.0. The summed E-state index contributed by atoms with van der Waals surface area (Å²) < 4.78 is 22.5.